The Morgan fingerprint density at radius 3 is 2.85 bits per heavy atom. The van der Waals surface area contributed by atoms with Gasteiger partial charge in [-0.15, -0.1) is 0 Å². The normalized spacial score (nSPS) is 21.4. The highest BCUT2D eigenvalue weighted by Gasteiger charge is 2.42. The molecule has 3 rings (SSSR count). The molecule has 0 saturated carbocycles. The zero-order valence-corrected chi connectivity index (χ0v) is 13.8. The number of likely N-dealkylation sites (tertiary alicyclic amines) is 1. The van der Waals surface area contributed by atoms with E-state index >= 15 is 0 Å². The van der Waals surface area contributed by atoms with Gasteiger partial charge in [-0.3, -0.25) is 4.79 Å². The Kier molecular flexibility index (Phi) is 4.21. The van der Waals surface area contributed by atoms with Gasteiger partial charge in [-0.05, 0) is 47.2 Å². The first-order valence-electron chi connectivity index (χ1n) is 6.62. The summed E-state index contributed by atoms with van der Waals surface area (Å²) in [4.78, 5) is 14.5. The molecule has 0 atom stereocenters. The highest BCUT2D eigenvalue weighted by atomic mass is 127. The van der Waals surface area contributed by atoms with Crippen molar-refractivity contribution in [3.63, 3.8) is 0 Å². The van der Waals surface area contributed by atoms with Gasteiger partial charge in [0.15, 0.2) is 5.79 Å². The van der Waals surface area contributed by atoms with Crippen molar-refractivity contribution < 1.29 is 14.3 Å². The van der Waals surface area contributed by atoms with Crippen molar-refractivity contribution in [1.82, 2.24) is 4.90 Å². The molecule has 20 heavy (non-hydrogen) atoms. The molecule has 0 radical (unpaired) electrons. The van der Waals surface area contributed by atoms with Gasteiger partial charge in [-0.2, -0.15) is 0 Å². The van der Waals surface area contributed by atoms with Crippen molar-refractivity contribution in [3.05, 3.63) is 32.4 Å². The molecule has 2 aliphatic heterocycles. The summed E-state index contributed by atoms with van der Waals surface area (Å²) in [5.41, 5.74) is 0.646. The molecule has 6 heteroatoms. The third-order valence-corrected chi connectivity index (χ3v) is 4.85. The predicted molar refractivity (Wildman–Crippen MR) is 83.9 cm³/mol. The Morgan fingerprint density at radius 2 is 2.10 bits per heavy atom. The van der Waals surface area contributed by atoms with Gasteiger partial charge < -0.3 is 14.4 Å². The molecule has 1 amide bonds. The van der Waals surface area contributed by atoms with Gasteiger partial charge in [0.1, 0.15) is 0 Å². The lowest BCUT2D eigenvalue weighted by molar-refractivity contribution is -0.183. The molecule has 108 valence electrons. The third kappa shape index (κ3) is 2.81. The van der Waals surface area contributed by atoms with E-state index in [2.05, 4.69) is 22.6 Å². The number of carbonyl (C=O) groups is 1. The van der Waals surface area contributed by atoms with Gasteiger partial charge in [-0.25, -0.2) is 0 Å². The van der Waals surface area contributed by atoms with Crippen LogP contribution in [0.4, 0.5) is 0 Å². The van der Waals surface area contributed by atoms with Crippen molar-refractivity contribution in [2.75, 3.05) is 26.3 Å². The van der Waals surface area contributed by atoms with Crippen LogP contribution in [0.25, 0.3) is 0 Å². The Hall–Kier alpha value is -0.370. The number of hydrogen-bond donors (Lipinski definition) is 0. The molecule has 0 aromatic heterocycles. The molecule has 2 aliphatic rings. The Labute approximate surface area is 136 Å². The molecular weight excluding hydrogens is 393 g/mol. The lowest BCUT2D eigenvalue weighted by Crippen LogP contribution is -2.51. The maximum absolute atomic E-state index is 12.7. The van der Waals surface area contributed by atoms with Gasteiger partial charge in [-0.1, -0.05) is 11.6 Å². The standard InChI is InChI=1S/C14H15ClINO3/c15-10-2-3-12(16)11(8-10)13(18)17-5-1-4-14(9-17)19-6-7-20-14/h2-3,8H,1,4-7,9H2. The van der Waals surface area contributed by atoms with E-state index in [4.69, 9.17) is 21.1 Å². The van der Waals surface area contributed by atoms with Crippen molar-refractivity contribution in [2.45, 2.75) is 18.6 Å². The maximum Gasteiger partial charge on any atom is 0.255 e. The summed E-state index contributed by atoms with van der Waals surface area (Å²) in [6, 6.07) is 5.38. The van der Waals surface area contributed by atoms with Crippen LogP contribution < -0.4 is 0 Å². The molecule has 0 aliphatic carbocycles. The minimum Gasteiger partial charge on any atom is -0.346 e. The van der Waals surface area contributed by atoms with Gasteiger partial charge in [0, 0.05) is 21.6 Å². The number of nitrogens with zero attached hydrogens (tertiary/aromatic N) is 1. The molecule has 4 nitrogen and oxygen atoms in total. The molecule has 1 aromatic rings. The summed E-state index contributed by atoms with van der Waals surface area (Å²) in [6.45, 7) is 2.44. The zero-order valence-electron chi connectivity index (χ0n) is 10.9. The van der Waals surface area contributed by atoms with E-state index in [0.717, 1.165) is 23.0 Å². The van der Waals surface area contributed by atoms with E-state index < -0.39 is 5.79 Å². The molecule has 0 bridgehead atoms. The Bertz CT molecular complexity index is 531. The number of halogens is 2. The minimum atomic E-state index is -0.585. The number of benzene rings is 1. The second-order valence-electron chi connectivity index (χ2n) is 5.06. The van der Waals surface area contributed by atoms with Crippen molar-refractivity contribution in [2.24, 2.45) is 0 Å². The van der Waals surface area contributed by atoms with Crippen molar-refractivity contribution >= 4 is 40.1 Å². The molecular formula is C14H15ClINO3. The molecule has 0 unspecified atom stereocenters. The maximum atomic E-state index is 12.7. The highest BCUT2D eigenvalue weighted by molar-refractivity contribution is 14.1. The number of carbonyl (C=O) groups excluding carboxylic acids is 1. The zero-order chi connectivity index (χ0) is 14.2. The quantitative estimate of drug-likeness (QED) is 0.672. The SMILES string of the molecule is O=C(c1cc(Cl)ccc1I)N1CCCC2(C1)OCCO2. The largest absolute Gasteiger partial charge is 0.346 e. The molecule has 0 N–H and O–H groups in total. The second-order valence-corrected chi connectivity index (χ2v) is 6.66. The van der Waals surface area contributed by atoms with Crippen LogP contribution in [0, 0.1) is 3.57 Å². The Balaban J connectivity index is 1.81. The van der Waals surface area contributed by atoms with Crippen molar-refractivity contribution in [3.8, 4) is 0 Å². The fourth-order valence-electron chi connectivity index (χ4n) is 2.73. The van der Waals surface area contributed by atoms with Crippen LogP contribution in [0.3, 0.4) is 0 Å². The summed E-state index contributed by atoms with van der Waals surface area (Å²) in [5, 5.41) is 0.578. The van der Waals surface area contributed by atoms with Crippen LogP contribution >= 0.6 is 34.2 Å². The lowest BCUT2D eigenvalue weighted by Gasteiger charge is -2.38. The smallest absolute Gasteiger partial charge is 0.255 e. The number of hydrogen-bond acceptors (Lipinski definition) is 3. The number of piperidine rings is 1. The fourth-order valence-corrected chi connectivity index (χ4v) is 3.46. The number of rotatable bonds is 1. The summed E-state index contributed by atoms with van der Waals surface area (Å²) in [6.07, 6.45) is 1.74. The average Bonchev–Trinajstić information content (AvgIpc) is 2.88. The van der Waals surface area contributed by atoms with E-state index in [-0.39, 0.29) is 5.91 Å². The molecule has 1 aromatic carbocycles. The average molecular weight is 408 g/mol. The summed E-state index contributed by atoms with van der Waals surface area (Å²) in [7, 11) is 0. The monoisotopic (exact) mass is 407 g/mol. The highest BCUT2D eigenvalue weighted by Crippen LogP contribution is 2.31. The van der Waals surface area contributed by atoms with Crippen LogP contribution in [0.1, 0.15) is 23.2 Å². The first-order chi connectivity index (χ1) is 9.60. The fraction of sp³-hybridized carbons (Fsp3) is 0.500. The topological polar surface area (TPSA) is 38.8 Å². The van der Waals surface area contributed by atoms with Gasteiger partial charge in [0.2, 0.25) is 0 Å². The summed E-state index contributed by atoms with van der Waals surface area (Å²) in [5.74, 6) is -0.590. The summed E-state index contributed by atoms with van der Waals surface area (Å²) >= 11 is 8.16. The van der Waals surface area contributed by atoms with Gasteiger partial charge in [0.25, 0.3) is 5.91 Å². The Morgan fingerprint density at radius 1 is 1.35 bits per heavy atom. The van der Waals surface area contributed by atoms with Crippen LogP contribution in [0.15, 0.2) is 18.2 Å². The van der Waals surface area contributed by atoms with Crippen LogP contribution in [-0.4, -0.2) is 42.9 Å². The van der Waals surface area contributed by atoms with Gasteiger partial charge in [0.05, 0.1) is 25.3 Å². The first-order valence-corrected chi connectivity index (χ1v) is 8.08. The van der Waals surface area contributed by atoms with E-state index in [0.29, 0.717) is 30.3 Å². The number of amides is 1. The van der Waals surface area contributed by atoms with E-state index in [9.17, 15) is 4.79 Å². The third-order valence-electron chi connectivity index (χ3n) is 3.68. The van der Waals surface area contributed by atoms with E-state index in [1.54, 1.807) is 12.1 Å². The van der Waals surface area contributed by atoms with Crippen LogP contribution in [-0.2, 0) is 9.47 Å². The molecule has 1 spiro atoms. The van der Waals surface area contributed by atoms with Crippen molar-refractivity contribution in [1.29, 1.82) is 0 Å². The molecule has 2 fully saturated rings. The second kappa shape index (κ2) is 5.79. The molecule has 2 heterocycles. The number of ether oxygens (including phenoxy) is 2. The van der Waals surface area contributed by atoms with E-state index in [1.165, 1.54) is 0 Å². The lowest BCUT2D eigenvalue weighted by atomic mass is 10.0. The van der Waals surface area contributed by atoms with Gasteiger partial charge >= 0.3 is 0 Å². The molecule has 2 saturated heterocycles. The van der Waals surface area contributed by atoms with E-state index in [1.807, 2.05) is 11.0 Å². The predicted octanol–water partition coefficient (Wildman–Crippen LogP) is 2.92. The minimum absolute atomic E-state index is 0.00456. The summed E-state index contributed by atoms with van der Waals surface area (Å²) < 4.78 is 12.3. The first kappa shape index (κ1) is 14.6. The van der Waals surface area contributed by atoms with Crippen LogP contribution in [0.2, 0.25) is 5.02 Å². The van der Waals surface area contributed by atoms with Crippen LogP contribution in [0.5, 0.6) is 0 Å².